The third-order valence-corrected chi connectivity index (χ3v) is 3.35. The van der Waals surface area contributed by atoms with Crippen molar-refractivity contribution in [3.8, 4) is 0 Å². The minimum Gasteiger partial charge on any atom is -0.355 e. The number of hydrogen-bond acceptors (Lipinski definition) is 4. The molecule has 0 spiro atoms. The van der Waals surface area contributed by atoms with Crippen LogP contribution in [0.4, 0.5) is 0 Å². The van der Waals surface area contributed by atoms with E-state index >= 15 is 0 Å². The normalized spacial score (nSPS) is 12.1. The van der Waals surface area contributed by atoms with Crippen LogP contribution in [0.2, 0.25) is 0 Å². The van der Waals surface area contributed by atoms with Crippen molar-refractivity contribution in [1.29, 1.82) is 0 Å². The quantitative estimate of drug-likeness (QED) is 0.593. The van der Waals surface area contributed by atoms with Gasteiger partial charge in [-0.15, -0.1) is 10.2 Å². The molecule has 21 heavy (non-hydrogen) atoms. The number of rotatable bonds is 6. The Hall–Kier alpha value is -2.15. The van der Waals surface area contributed by atoms with Gasteiger partial charge in [0.2, 0.25) is 0 Å². The van der Waals surface area contributed by atoms with Crippen molar-refractivity contribution < 1.29 is 0 Å². The van der Waals surface area contributed by atoms with Crippen LogP contribution in [0.3, 0.4) is 0 Å². The second-order valence-corrected chi connectivity index (χ2v) is 4.79. The summed E-state index contributed by atoms with van der Waals surface area (Å²) >= 11 is 0. The number of nitrogens with one attached hydrogen (secondary N) is 2. The van der Waals surface area contributed by atoms with Crippen LogP contribution in [0.25, 0.3) is 5.65 Å². The maximum atomic E-state index is 4.21. The van der Waals surface area contributed by atoms with Crippen LogP contribution in [0.1, 0.15) is 12.7 Å². The highest BCUT2D eigenvalue weighted by molar-refractivity contribution is 5.79. The van der Waals surface area contributed by atoms with Gasteiger partial charge in [0, 0.05) is 26.3 Å². The summed E-state index contributed by atoms with van der Waals surface area (Å²) in [6.45, 7) is 5.59. The molecule has 7 heteroatoms. The van der Waals surface area contributed by atoms with Crippen LogP contribution in [0.15, 0.2) is 29.4 Å². The summed E-state index contributed by atoms with van der Waals surface area (Å²) in [5.41, 5.74) is 0.849. The molecule has 0 aliphatic heterocycles. The molecule has 0 saturated carbocycles. The van der Waals surface area contributed by atoms with Gasteiger partial charge in [-0.1, -0.05) is 13.0 Å². The molecule has 2 heterocycles. The number of likely N-dealkylation sites (N-methyl/N-ethyl adjacent to an activating group) is 1. The van der Waals surface area contributed by atoms with Gasteiger partial charge < -0.3 is 15.5 Å². The molecule has 2 rings (SSSR count). The molecule has 0 bridgehead atoms. The first-order valence-corrected chi connectivity index (χ1v) is 7.16. The molecule has 114 valence electrons. The fraction of sp³-hybridized carbons (Fsp3) is 0.500. The number of guanidine groups is 1. The van der Waals surface area contributed by atoms with E-state index in [2.05, 4.69) is 44.7 Å². The number of aromatic nitrogens is 3. The monoisotopic (exact) mass is 289 g/mol. The first-order chi connectivity index (χ1) is 10.2. The van der Waals surface area contributed by atoms with E-state index in [0.717, 1.165) is 37.1 Å². The van der Waals surface area contributed by atoms with E-state index in [1.165, 1.54) is 0 Å². The maximum absolute atomic E-state index is 4.21. The predicted molar refractivity (Wildman–Crippen MR) is 84.4 cm³/mol. The fourth-order valence-corrected chi connectivity index (χ4v) is 1.92. The highest BCUT2D eigenvalue weighted by Crippen LogP contribution is 2.01. The van der Waals surface area contributed by atoms with Gasteiger partial charge in [-0.05, 0) is 25.7 Å². The third kappa shape index (κ3) is 4.16. The van der Waals surface area contributed by atoms with Crippen molar-refractivity contribution in [1.82, 2.24) is 30.1 Å². The summed E-state index contributed by atoms with van der Waals surface area (Å²) in [4.78, 5) is 6.45. The second-order valence-electron chi connectivity index (χ2n) is 4.79. The first-order valence-electron chi connectivity index (χ1n) is 7.16. The number of pyridine rings is 1. The van der Waals surface area contributed by atoms with E-state index in [4.69, 9.17) is 0 Å². The van der Waals surface area contributed by atoms with Crippen molar-refractivity contribution in [2.75, 3.05) is 33.7 Å². The lowest BCUT2D eigenvalue weighted by Gasteiger charge is -2.16. The zero-order valence-corrected chi connectivity index (χ0v) is 12.9. The Morgan fingerprint density at radius 1 is 1.33 bits per heavy atom. The van der Waals surface area contributed by atoms with E-state index in [0.29, 0.717) is 6.54 Å². The molecule has 2 aromatic heterocycles. The van der Waals surface area contributed by atoms with E-state index in [1.54, 1.807) is 7.05 Å². The molecule has 2 N–H and O–H groups in total. The zero-order valence-electron chi connectivity index (χ0n) is 12.9. The van der Waals surface area contributed by atoms with Gasteiger partial charge in [0.05, 0.1) is 6.54 Å². The van der Waals surface area contributed by atoms with Crippen LogP contribution >= 0.6 is 0 Å². The SMILES string of the molecule is CCN(C)CCNC(=NC)NCc1nnc2ccccn12. The van der Waals surface area contributed by atoms with Crippen molar-refractivity contribution in [3.63, 3.8) is 0 Å². The molecule has 0 aliphatic carbocycles. The lowest BCUT2D eigenvalue weighted by Crippen LogP contribution is -2.40. The molecule has 2 aromatic rings. The van der Waals surface area contributed by atoms with E-state index in [9.17, 15) is 0 Å². The highest BCUT2D eigenvalue weighted by atomic mass is 15.3. The van der Waals surface area contributed by atoms with Crippen LogP contribution in [0.5, 0.6) is 0 Å². The number of fused-ring (bicyclic) bond motifs is 1. The summed E-state index contributed by atoms with van der Waals surface area (Å²) in [6.07, 6.45) is 1.96. The summed E-state index contributed by atoms with van der Waals surface area (Å²) in [6, 6.07) is 5.85. The maximum Gasteiger partial charge on any atom is 0.191 e. The summed E-state index contributed by atoms with van der Waals surface area (Å²) in [7, 11) is 3.86. The van der Waals surface area contributed by atoms with Crippen LogP contribution < -0.4 is 10.6 Å². The molecule has 0 radical (unpaired) electrons. The van der Waals surface area contributed by atoms with Crippen LogP contribution in [-0.4, -0.2) is 59.2 Å². The standard InChI is InChI=1S/C14H23N7/c1-4-20(3)10-8-16-14(15-2)17-11-13-19-18-12-7-5-6-9-21(12)13/h5-7,9H,4,8,10-11H2,1-3H3,(H2,15,16,17). The lowest BCUT2D eigenvalue weighted by atomic mass is 10.4. The first kappa shape index (κ1) is 15.2. The second kappa shape index (κ2) is 7.58. The largest absolute Gasteiger partial charge is 0.355 e. The Labute approximate surface area is 125 Å². The number of aliphatic imine (C=N–C) groups is 1. The molecular formula is C14H23N7. The average Bonchev–Trinajstić information content (AvgIpc) is 2.93. The molecular weight excluding hydrogens is 266 g/mol. The van der Waals surface area contributed by atoms with Crippen molar-refractivity contribution >= 4 is 11.6 Å². The molecule has 0 aromatic carbocycles. The Balaban J connectivity index is 1.86. The molecule has 0 saturated heterocycles. The Morgan fingerprint density at radius 2 is 2.19 bits per heavy atom. The van der Waals surface area contributed by atoms with Gasteiger partial charge in [-0.25, -0.2) is 0 Å². The van der Waals surface area contributed by atoms with Gasteiger partial charge >= 0.3 is 0 Å². The van der Waals surface area contributed by atoms with Gasteiger partial charge in [-0.3, -0.25) is 9.39 Å². The molecule has 0 aliphatic rings. The summed E-state index contributed by atoms with van der Waals surface area (Å²) in [5, 5.41) is 14.8. The van der Waals surface area contributed by atoms with E-state index < -0.39 is 0 Å². The van der Waals surface area contributed by atoms with Gasteiger partial charge in [0.15, 0.2) is 17.4 Å². The highest BCUT2D eigenvalue weighted by Gasteiger charge is 2.05. The van der Waals surface area contributed by atoms with Crippen molar-refractivity contribution in [3.05, 3.63) is 30.2 Å². The van der Waals surface area contributed by atoms with Gasteiger partial charge in [-0.2, -0.15) is 0 Å². The Kier molecular flexibility index (Phi) is 5.51. The Morgan fingerprint density at radius 3 is 2.95 bits per heavy atom. The molecule has 0 unspecified atom stereocenters. The number of hydrogen-bond donors (Lipinski definition) is 2. The van der Waals surface area contributed by atoms with Gasteiger partial charge in [0.25, 0.3) is 0 Å². The van der Waals surface area contributed by atoms with Gasteiger partial charge in [0.1, 0.15) is 0 Å². The molecule has 0 atom stereocenters. The predicted octanol–water partition coefficient (Wildman–Crippen LogP) is 0.346. The van der Waals surface area contributed by atoms with E-state index in [1.807, 2.05) is 28.8 Å². The topological polar surface area (TPSA) is 69.8 Å². The molecule has 0 fully saturated rings. The average molecular weight is 289 g/mol. The van der Waals surface area contributed by atoms with Crippen LogP contribution in [0, 0.1) is 0 Å². The molecule has 0 amide bonds. The van der Waals surface area contributed by atoms with Crippen molar-refractivity contribution in [2.45, 2.75) is 13.5 Å². The molecule has 7 nitrogen and oxygen atoms in total. The number of nitrogens with zero attached hydrogens (tertiary/aromatic N) is 5. The summed E-state index contributed by atoms with van der Waals surface area (Å²) in [5.74, 6) is 1.63. The van der Waals surface area contributed by atoms with Crippen molar-refractivity contribution in [2.24, 2.45) is 4.99 Å². The Bertz CT molecular complexity index is 590. The van der Waals surface area contributed by atoms with E-state index in [-0.39, 0.29) is 0 Å². The lowest BCUT2D eigenvalue weighted by molar-refractivity contribution is 0.357. The fourth-order valence-electron chi connectivity index (χ4n) is 1.92. The van der Waals surface area contributed by atoms with Crippen LogP contribution in [-0.2, 0) is 6.54 Å². The minimum absolute atomic E-state index is 0.578. The summed E-state index contributed by atoms with van der Waals surface area (Å²) < 4.78 is 1.96. The third-order valence-electron chi connectivity index (χ3n) is 3.35. The smallest absolute Gasteiger partial charge is 0.191 e. The minimum atomic E-state index is 0.578. The zero-order chi connectivity index (χ0) is 15.1.